The first kappa shape index (κ1) is 19.6. The Bertz CT molecular complexity index is 682. The van der Waals surface area contributed by atoms with Crippen molar-refractivity contribution in [3.63, 3.8) is 0 Å². The van der Waals surface area contributed by atoms with Gasteiger partial charge in [-0.2, -0.15) is 0 Å². The quantitative estimate of drug-likeness (QED) is 0.411. The third-order valence-corrected chi connectivity index (χ3v) is 4.83. The molecule has 0 spiro atoms. The molecule has 1 aliphatic carbocycles. The van der Waals surface area contributed by atoms with Crippen molar-refractivity contribution in [3.05, 3.63) is 33.9 Å². The average Bonchev–Trinajstić information content (AvgIpc) is 3.42. The molecule has 148 valence electrons. The van der Waals surface area contributed by atoms with Gasteiger partial charge in [0.15, 0.2) is 0 Å². The van der Waals surface area contributed by atoms with E-state index in [9.17, 15) is 14.9 Å². The van der Waals surface area contributed by atoms with Crippen LogP contribution in [0.2, 0.25) is 0 Å². The van der Waals surface area contributed by atoms with Crippen LogP contribution >= 0.6 is 0 Å². The van der Waals surface area contributed by atoms with Crippen LogP contribution in [0.5, 0.6) is 0 Å². The number of carbonyl (C=O) groups excluding carboxylic acids is 1. The van der Waals surface area contributed by atoms with E-state index in [0.29, 0.717) is 23.8 Å². The lowest BCUT2D eigenvalue weighted by atomic mass is 10.1. The molecule has 1 saturated carbocycles. The molecule has 1 aliphatic heterocycles. The predicted octanol–water partition coefficient (Wildman–Crippen LogP) is 2.40. The maximum absolute atomic E-state index is 12.3. The minimum atomic E-state index is -0.442. The predicted molar refractivity (Wildman–Crippen MR) is 103 cm³/mol. The molecule has 0 bridgehead atoms. The lowest BCUT2D eigenvalue weighted by Gasteiger charge is -2.35. The zero-order valence-corrected chi connectivity index (χ0v) is 15.9. The molecule has 2 atom stereocenters. The number of ether oxygens (including phenoxy) is 1. The highest BCUT2D eigenvalue weighted by atomic mass is 16.6. The number of hydrogen-bond acceptors (Lipinski definition) is 6. The van der Waals surface area contributed by atoms with E-state index in [0.717, 1.165) is 38.9 Å². The van der Waals surface area contributed by atoms with E-state index in [-0.39, 0.29) is 23.8 Å². The Balaban J connectivity index is 1.48. The smallest absolute Gasteiger partial charge is 0.293 e. The van der Waals surface area contributed by atoms with Crippen molar-refractivity contribution in [3.8, 4) is 0 Å². The van der Waals surface area contributed by atoms with Crippen LogP contribution in [0.25, 0.3) is 0 Å². The molecule has 8 nitrogen and oxygen atoms in total. The molecule has 1 aromatic rings. The van der Waals surface area contributed by atoms with Crippen LogP contribution in [0.15, 0.2) is 18.2 Å². The number of nitrogens with zero attached hydrogens (tertiary/aromatic N) is 2. The van der Waals surface area contributed by atoms with Gasteiger partial charge in [0.05, 0.1) is 17.1 Å². The van der Waals surface area contributed by atoms with Gasteiger partial charge in [0.25, 0.3) is 11.6 Å². The van der Waals surface area contributed by atoms with Gasteiger partial charge in [-0.05, 0) is 45.2 Å². The van der Waals surface area contributed by atoms with Crippen molar-refractivity contribution in [1.82, 2.24) is 10.2 Å². The first-order chi connectivity index (χ1) is 12.9. The first-order valence-electron chi connectivity index (χ1n) is 9.63. The zero-order chi connectivity index (χ0) is 19.4. The van der Waals surface area contributed by atoms with Gasteiger partial charge < -0.3 is 15.4 Å². The fraction of sp³-hybridized carbons (Fsp3) is 0.632. The van der Waals surface area contributed by atoms with E-state index in [1.807, 2.05) is 0 Å². The summed E-state index contributed by atoms with van der Waals surface area (Å²) in [5, 5.41) is 17.3. The first-order valence-corrected chi connectivity index (χ1v) is 9.63. The summed E-state index contributed by atoms with van der Waals surface area (Å²) in [6.07, 6.45) is 3.34. The van der Waals surface area contributed by atoms with Crippen LogP contribution < -0.4 is 10.6 Å². The Morgan fingerprint density at radius 2 is 2.00 bits per heavy atom. The lowest BCUT2D eigenvalue weighted by molar-refractivity contribution is -0.384. The van der Waals surface area contributed by atoms with Gasteiger partial charge in [0.1, 0.15) is 5.69 Å². The summed E-state index contributed by atoms with van der Waals surface area (Å²) in [7, 11) is 0. The number of carbonyl (C=O) groups is 1. The van der Waals surface area contributed by atoms with E-state index in [1.165, 1.54) is 6.07 Å². The van der Waals surface area contributed by atoms with E-state index in [4.69, 9.17) is 4.74 Å². The van der Waals surface area contributed by atoms with Crippen LogP contribution in [0.4, 0.5) is 11.4 Å². The molecule has 2 fully saturated rings. The number of nitro benzene ring substituents is 1. The van der Waals surface area contributed by atoms with Crippen molar-refractivity contribution in [2.75, 3.05) is 31.5 Å². The summed E-state index contributed by atoms with van der Waals surface area (Å²) in [6, 6.07) is 4.93. The topological polar surface area (TPSA) is 96.7 Å². The van der Waals surface area contributed by atoms with Crippen LogP contribution in [0.3, 0.4) is 0 Å². The molecular weight excluding hydrogens is 348 g/mol. The summed E-state index contributed by atoms with van der Waals surface area (Å²) in [6.45, 7) is 7.37. The number of hydrogen-bond donors (Lipinski definition) is 2. The SMILES string of the molecule is C[C@@H]1CN(CCCNC(=O)c2ccc(NC3CC3)c([N+](=O)[O-])c2)C[C@H](C)O1. The van der Waals surface area contributed by atoms with Crippen LogP contribution in [-0.2, 0) is 4.74 Å². The maximum Gasteiger partial charge on any atom is 0.293 e. The summed E-state index contributed by atoms with van der Waals surface area (Å²) in [5.41, 5.74) is 0.747. The maximum atomic E-state index is 12.3. The van der Waals surface area contributed by atoms with Crippen molar-refractivity contribution in [1.29, 1.82) is 0 Å². The van der Waals surface area contributed by atoms with E-state index in [1.54, 1.807) is 12.1 Å². The summed E-state index contributed by atoms with van der Waals surface area (Å²) >= 11 is 0. The second kappa shape index (κ2) is 8.67. The highest BCUT2D eigenvalue weighted by Crippen LogP contribution is 2.31. The van der Waals surface area contributed by atoms with Crippen LogP contribution in [0, 0.1) is 10.1 Å². The molecule has 1 saturated heterocycles. The molecule has 2 N–H and O–H groups in total. The molecule has 27 heavy (non-hydrogen) atoms. The number of anilines is 1. The monoisotopic (exact) mass is 376 g/mol. The molecule has 8 heteroatoms. The molecule has 0 aromatic heterocycles. The van der Waals surface area contributed by atoms with Gasteiger partial charge in [-0.3, -0.25) is 19.8 Å². The molecule has 1 amide bonds. The third-order valence-electron chi connectivity index (χ3n) is 4.83. The standard InChI is InChI=1S/C19H28N4O4/c1-13-11-22(12-14(2)27-13)9-3-8-20-19(24)15-4-7-17(21-16-5-6-16)18(10-15)23(25)26/h4,7,10,13-14,16,21H,3,5-6,8-9,11-12H2,1-2H3,(H,20,24)/t13-,14+. The number of amides is 1. The highest BCUT2D eigenvalue weighted by molar-refractivity contribution is 5.95. The van der Waals surface area contributed by atoms with Gasteiger partial charge in [-0.15, -0.1) is 0 Å². The number of benzene rings is 1. The van der Waals surface area contributed by atoms with Crippen LogP contribution in [0.1, 0.15) is 43.5 Å². The number of nitro groups is 1. The zero-order valence-electron chi connectivity index (χ0n) is 15.9. The lowest BCUT2D eigenvalue weighted by Crippen LogP contribution is -2.46. The molecule has 1 aromatic carbocycles. The van der Waals surface area contributed by atoms with Gasteiger partial charge in [-0.1, -0.05) is 0 Å². The molecule has 3 rings (SSSR count). The van der Waals surface area contributed by atoms with Crippen LogP contribution in [-0.4, -0.2) is 60.2 Å². The van der Waals surface area contributed by atoms with Crippen molar-refractivity contribution in [2.24, 2.45) is 0 Å². The number of nitrogens with one attached hydrogen (secondary N) is 2. The summed E-state index contributed by atoms with van der Waals surface area (Å²) < 4.78 is 5.72. The summed E-state index contributed by atoms with van der Waals surface area (Å²) in [4.78, 5) is 25.5. The Hall–Kier alpha value is -2.19. The third kappa shape index (κ3) is 5.64. The Morgan fingerprint density at radius 1 is 1.30 bits per heavy atom. The number of morpholine rings is 1. The second-order valence-corrected chi connectivity index (χ2v) is 7.53. The van der Waals surface area contributed by atoms with Gasteiger partial charge >= 0.3 is 0 Å². The Kier molecular flexibility index (Phi) is 6.28. The fourth-order valence-corrected chi connectivity index (χ4v) is 3.47. The highest BCUT2D eigenvalue weighted by Gasteiger charge is 2.25. The van der Waals surface area contributed by atoms with Crippen molar-refractivity contribution < 1.29 is 14.5 Å². The van der Waals surface area contributed by atoms with E-state index in [2.05, 4.69) is 29.4 Å². The average molecular weight is 376 g/mol. The van der Waals surface area contributed by atoms with Gasteiger partial charge in [0.2, 0.25) is 0 Å². The summed E-state index contributed by atoms with van der Waals surface area (Å²) in [5.74, 6) is -0.278. The Labute approximate surface area is 159 Å². The normalized spacial score (nSPS) is 23.0. The van der Waals surface area contributed by atoms with Gasteiger partial charge in [0, 0.05) is 43.9 Å². The number of rotatable bonds is 8. The van der Waals surface area contributed by atoms with E-state index < -0.39 is 4.92 Å². The molecular formula is C19H28N4O4. The fourth-order valence-electron chi connectivity index (χ4n) is 3.47. The van der Waals surface area contributed by atoms with Gasteiger partial charge in [-0.25, -0.2) is 0 Å². The molecule has 1 heterocycles. The molecule has 0 radical (unpaired) electrons. The largest absolute Gasteiger partial charge is 0.377 e. The minimum Gasteiger partial charge on any atom is -0.377 e. The minimum absolute atomic E-state index is 0.0501. The second-order valence-electron chi connectivity index (χ2n) is 7.53. The molecule has 2 aliphatic rings. The Morgan fingerprint density at radius 3 is 2.63 bits per heavy atom. The van der Waals surface area contributed by atoms with Crippen molar-refractivity contribution in [2.45, 2.75) is 51.4 Å². The van der Waals surface area contributed by atoms with E-state index >= 15 is 0 Å². The van der Waals surface area contributed by atoms with Crippen molar-refractivity contribution >= 4 is 17.3 Å². The molecule has 0 unspecified atom stereocenters.